The number of aliphatic imine (C=N–C) groups is 1. The average molecular weight is 557 g/mol. The SMILES string of the molecule is CN=C(NCc1ncc(-c2ccccc2)[nH]1)NCc1cc2c(cc1OC(F)F)OCO2.I. The number of halogens is 3. The van der Waals surface area contributed by atoms with Gasteiger partial charge in [0.05, 0.1) is 18.4 Å². The van der Waals surface area contributed by atoms with E-state index in [0.29, 0.717) is 29.6 Å². The van der Waals surface area contributed by atoms with Crippen molar-refractivity contribution < 1.29 is 23.0 Å². The summed E-state index contributed by atoms with van der Waals surface area (Å²) < 4.78 is 40.8. The number of aromatic nitrogens is 2. The Bertz CT molecular complexity index is 1060. The minimum atomic E-state index is -2.95. The van der Waals surface area contributed by atoms with Crippen LogP contribution in [0.4, 0.5) is 8.78 Å². The number of imidazole rings is 1. The molecule has 0 spiro atoms. The Hall–Kier alpha value is -3.09. The highest BCUT2D eigenvalue weighted by atomic mass is 127. The van der Waals surface area contributed by atoms with Crippen LogP contribution in [0, 0.1) is 0 Å². The standard InChI is InChI=1S/C21H21F2N5O3.HI/c1-24-21(27-11-19-25-10-15(28-19)13-5-3-2-4-6-13)26-9-14-7-17-18(30-12-29-17)8-16(14)31-20(22)23;/h2-8,10,20H,9,11-12H2,1H3,(H,25,28)(H2,24,26,27);1H. The summed E-state index contributed by atoms with van der Waals surface area (Å²) in [5.41, 5.74) is 2.43. The summed E-state index contributed by atoms with van der Waals surface area (Å²) in [4.78, 5) is 11.8. The van der Waals surface area contributed by atoms with Crippen LogP contribution in [0.5, 0.6) is 17.2 Å². The second kappa shape index (κ2) is 11.0. The van der Waals surface area contributed by atoms with Crippen molar-refractivity contribution in [3.63, 3.8) is 0 Å². The van der Waals surface area contributed by atoms with E-state index in [1.165, 1.54) is 6.07 Å². The molecule has 0 fully saturated rings. The maximum absolute atomic E-state index is 12.8. The number of hydrogen-bond donors (Lipinski definition) is 3. The molecule has 170 valence electrons. The lowest BCUT2D eigenvalue weighted by molar-refractivity contribution is -0.0505. The second-order valence-corrected chi connectivity index (χ2v) is 6.58. The largest absolute Gasteiger partial charge is 0.454 e. The van der Waals surface area contributed by atoms with Gasteiger partial charge in [-0.2, -0.15) is 8.78 Å². The van der Waals surface area contributed by atoms with Gasteiger partial charge in [-0.05, 0) is 11.6 Å². The van der Waals surface area contributed by atoms with Gasteiger partial charge >= 0.3 is 6.61 Å². The fourth-order valence-electron chi connectivity index (χ4n) is 3.09. The van der Waals surface area contributed by atoms with E-state index in [0.717, 1.165) is 17.1 Å². The van der Waals surface area contributed by atoms with Crippen LogP contribution < -0.4 is 24.8 Å². The van der Waals surface area contributed by atoms with Gasteiger partial charge < -0.3 is 29.8 Å². The van der Waals surface area contributed by atoms with Gasteiger partial charge in [0.1, 0.15) is 11.6 Å². The Morgan fingerprint density at radius 2 is 1.88 bits per heavy atom. The molecule has 2 heterocycles. The predicted octanol–water partition coefficient (Wildman–Crippen LogP) is 3.89. The first-order valence-corrected chi connectivity index (χ1v) is 9.53. The molecule has 0 saturated carbocycles. The number of benzene rings is 2. The van der Waals surface area contributed by atoms with Crippen molar-refractivity contribution in [1.29, 1.82) is 0 Å². The molecule has 11 heteroatoms. The lowest BCUT2D eigenvalue weighted by Crippen LogP contribution is -2.36. The van der Waals surface area contributed by atoms with E-state index in [4.69, 9.17) is 9.47 Å². The Balaban J connectivity index is 0.00000289. The Kier molecular flexibility index (Phi) is 8.09. The predicted molar refractivity (Wildman–Crippen MR) is 126 cm³/mol. The van der Waals surface area contributed by atoms with Crippen LogP contribution in [0.25, 0.3) is 11.3 Å². The summed E-state index contributed by atoms with van der Waals surface area (Å²) in [5.74, 6) is 2.06. The lowest BCUT2D eigenvalue weighted by Gasteiger charge is -2.15. The van der Waals surface area contributed by atoms with Gasteiger partial charge in [0, 0.05) is 25.2 Å². The van der Waals surface area contributed by atoms with Crippen LogP contribution in [-0.4, -0.2) is 36.4 Å². The molecule has 0 unspecified atom stereocenters. The number of guanidine groups is 1. The summed E-state index contributed by atoms with van der Waals surface area (Å²) in [6.45, 7) is -2.33. The fraction of sp³-hybridized carbons (Fsp3) is 0.238. The first-order valence-electron chi connectivity index (χ1n) is 9.53. The monoisotopic (exact) mass is 557 g/mol. The van der Waals surface area contributed by atoms with E-state index in [9.17, 15) is 8.78 Å². The molecule has 32 heavy (non-hydrogen) atoms. The van der Waals surface area contributed by atoms with E-state index >= 15 is 0 Å². The summed E-state index contributed by atoms with van der Waals surface area (Å²) in [6, 6.07) is 12.9. The van der Waals surface area contributed by atoms with Crippen molar-refractivity contribution in [2.75, 3.05) is 13.8 Å². The van der Waals surface area contributed by atoms with Gasteiger partial charge in [0.2, 0.25) is 6.79 Å². The van der Waals surface area contributed by atoms with Crippen LogP contribution in [0.3, 0.4) is 0 Å². The van der Waals surface area contributed by atoms with Crippen LogP contribution in [0.2, 0.25) is 0 Å². The van der Waals surface area contributed by atoms with Gasteiger partial charge in [-0.25, -0.2) is 4.98 Å². The molecule has 0 amide bonds. The number of hydrogen-bond acceptors (Lipinski definition) is 5. The molecule has 0 bridgehead atoms. The van der Waals surface area contributed by atoms with Crippen LogP contribution in [-0.2, 0) is 13.1 Å². The first kappa shape index (κ1) is 23.6. The number of H-pyrrole nitrogens is 1. The van der Waals surface area contributed by atoms with E-state index in [1.807, 2.05) is 30.3 Å². The summed E-state index contributed by atoms with van der Waals surface area (Å²) in [6.07, 6.45) is 1.77. The normalized spacial score (nSPS) is 12.4. The number of nitrogens with zero attached hydrogens (tertiary/aromatic N) is 2. The highest BCUT2D eigenvalue weighted by Gasteiger charge is 2.20. The van der Waals surface area contributed by atoms with E-state index in [-0.39, 0.29) is 43.1 Å². The summed E-state index contributed by atoms with van der Waals surface area (Å²) >= 11 is 0. The molecule has 1 aliphatic rings. The third-order valence-corrected chi connectivity index (χ3v) is 4.58. The fourth-order valence-corrected chi connectivity index (χ4v) is 3.09. The highest BCUT2D eigenvalue weighted by molar-refractivity contribution is 14.0. The smallest absolute Gasteiger partial charge is 0.387 e. The molecule has 0 atom stereocenters. The third kappa shape index (κ3) is 5.78. The number of rotatable bonds is 7. The van der Waals surface area contributed by atoms with Crippen molar-refractivity contribution in [3.8, 4) is 28.5 Å². The van der Waals surface area contributed by atoms with Gasteiger partial charge in [0.25, 0.3) is 0 Å². The zero-order chi connectivity index (χ0) is 21.6. The zero-order valence-electron chi connectivity index (χ0n) is 17.1. The number of nitrogens with one attached hydrogen (secondary N) is 3. The Labute approximate surface area is 200 Å². The quantitative estimate of drug-likeness (QED) is 0.232. The van der Waals surface area contributed by atoms with E-state index in [1.54, 1.807) is 19.3 Å². The molecule has 4 rings (SSSR count). The number of alkyl halides is 2. The Morgan fingerprint density at radius 3 is 2.59 bits per heavy atom. The molecule has 3 N–H and O–H groups in total. The molecule has 0 saturated heterocycles. The maximum atomic E-state index is 12.8. The molecular formula is C21H22F2IN5O3. The topological polar surface area (TPSA) is 92.8 Å². The van der Waals surface area contributed by atoms with Crippen LogP contribution >= 0.6 is 24.0 Å². The molecule has 0 radical (unpaired) electrons. The van der Waals surface area contributed by atoms with Crippen molar-refractivity contribution in [3.05, 3.63) is 60.0 Å². The van der Waals surface area contributed by atoms with Crippen LogP contribution in [0.1, 0.15) is 11.4 Å². The third-order valence-electron chi connectivity index (χ3n) is 4.58. The maximum Gasteiger partial charge on any atom is 0.387 e. The number of fused-ring (bicyclic) bond motifs is 1. The number of aromatic amines is 1. The summed E-state index contributed by atoms with van der Waals surface area (Å²) in [5, 5.41) is 6.21. The molecule has 8 nitrogen and oxygen atoms in total. The highest BCUT2D eigenvalue weighted by Crippen LogP contribution is 2.38. The zero-order valence-corrected chi connectivity index (χ0v) is 19.4. The number of ether oxygens (including phenoxy) is 3. The van der Waals surface area contributed by atoms with Crippen LogP contribution in [0.15, 0.2) is 53.7 Å². The van der Waals surface area contributed by atoms with Crippen molar-refractivity contribution in [2.24, 2.45) is 4.99 Å². The first-order chi connectivity index (χ1) is 15.1. The van der Waals surface area contributed by atoms with E-state index < -0.39 is 6.61 Å². The minimum absolute atomic E-state index is 0. The summed E-state index contributed by atoms with van der Waals surface area (Å²) in [7, 11) is 1.61. The lowest BCUT2D eigenvalue weighted by atomic mass is 10.1. The van der Waals surface area contributed by atoms with Crippen molar-refractivity contribution in [2.45, 2.75) is 19.7 Å². The van der Waals surface area contributed by atoms with Gasteiger partial charge in [-0.15, -0.1) is 24.0 Å². The van der Waals surface area contributed by atoms with Gasteiger partial charge in [-0.3, -0.25) is 4.99 Å². The molecule has 2 aromatic carbocycles. The van der Waals surface area contributed by atoms with Gasteiger partial charge in [0.15, 0.2) is 17.5 Å². The second-order valence-electron chi connectivity index (χ2n) is 6.58. The molecular weight excluding hydrogens is 535 g/mol. The van der Waals surface area contributed by atoms with Crippen molar-refractivity contribution in [1.82, 2.24) is 20.6 Å². The average Bonchev–Trinajstić information content (AvgIpc) is 3.43. The molecule has 1 aliphatic heterocycles. The van der Waals surface area contributed by atoms with Gasteiger partial charge in [-0.1, -0.05) is 30.3 Å². The van der Waals surface area contributed by atoms with Crippen molar-refractivity contribution >= 4 is 29.9 Å². The molecule has 3 aromatic rings. The molecule has 1 aromatic heterocycles. The Morgan fingerprint density at radius 1 is 1.16 bits per heavy atom. The van der Waals surface area contributed by atoms with E-state index in [2.05, 4.69) is 30.3 Å². The molecule has 0 aliphatic carbocycles. The minimum Gasteiger partial charge on any atom is -0.454 e.